The number of aryl methyl sites for hydroxylation is 2. The van der Waals surface area contributed by atoms with Gasteiger partial charge in [-0.15, -0.1) is 11.3 Å². The highest BCUT2D eigenvalue weighted by Crippen LogP contribution is 2.32. The molecule has 0 aromatic carbocycles. The van der Waals surface area contributed by atoms with Crippen LogP contribution in [0.2, 0.25) is 0 Å². The summed E-state index contributed by atoms with van der Waals surface area (Å²) < 4.78 is 5.08. The van der Waals surface area contributed by atoms with Crippen LogP contribution in [-0.2, 0) is 0 Å². The molecular formula is C13H14N2O3S. The summed E-state index contributed by atoms with van der Waals surface area (Å²) in [6, 6.07) is 1.59. The molecule has 0 saturated carbocycles. The van der Waals surface area contributed by atoms with Crippen LogP contribution in [-0.4, -0.2) is 11.8 Å². The van der Waals surface area contributed by atoms with Crippen LogP contribution in [0.4, 0.5) is 5.00 Å². The van der Waals surface area contributed by atoms with Gasteiger partial charge in [0.25, 0.3) is 11.8 Å². The van der Waals surface area contributed by atoms with Crippen molar-refractivity contribution in [3.8, 4) is 0 Å². The Morgan fingerprint density at radius 1 is 1.32 bits per heavy atom. The molecule has 0 fully saturated rings. The van der Waals surface area contributed by atoms with Crippen LogP contribution < -0.4 is 11.1 Å². The average Bonchev–Trinajstić information content (AvgIpc) is 2.84. The van der Waals surface area contributed by atoms with Gasteiger partial charge in [-0.3, -0.25) is 9.59 Å². The van der Waals surface area contributed by atoms with Gasteiger partial charge in [0.05, 0.1) is 17.4 Å². The quantitative estimate of drug-likeness (QED) is 0.905. The lowest BCUT2D eigenvalue weighted by atomic mass is 10.1. The predicted molar refractivity (Wildman–Crippen MR) is 73.7 cm³/mol. The first kappa shape index (κ1) is 13.4. The van der Waals surface area contributed by atoms with Gasteiger partial charge in [-0.05, 0) is 32.4 Å². The maximum absolute atomic E-state index is 12.1. The lowest BCUT2D eigenvalue weighted by molar-refractivity contribution is 0.100. The van der Waals surface area contributed by atoms with E-state index in [1.54, 1.807) is 13.0 Å². The molecule has 2 aromatic heterocycles. The third-order valence-corrected chi connectivity index (χ3v) is 4.08. The van der Waals surface area contributed by atoms with Crippen molar-refractivity contribution >= 4 is 28.2 Å². The highest BCUT2D eigenvalue weighted by Gasteiger charge is 2.20. The van der Waals surface area contributed by atoms with Gasteiger partial charge >= 0.3 is 0 Å². The second-order valence-electron chi connectivity index (χ2n) is 4.20. The van der Waals surface area contributed by atoms with Gasteiger partial charge in [0.1, 0.15) is 10.8 Å². The molecule has 0 saturated heterocycles. The van der Waals surface area contributed by atoms with Crippen molar-refractivity contribution in [2.24, 2.45) is 5.73 Å². The first-order chi connectivity index (χ1) is 8.91. The van der Waals surface area contributed by atoms with Gasteiger partial charge in [0, 0.05) is 4.88 Å². The van der Waals surface area contributed by atoms with E-state index in [1.807, 2.05) is 13.8 Å². The molecule has 2 aromatic rings. The van der Waals surface area contributed by atoms with E-state index < -0.39 is 5.91 Å². The van der Waals surface area contributed by atoms with E-state index in [9.17, 15) is 9.59 Å². The van der Waals surface area contributed by atoms with Crippen molar-refractivity contribution in [2.45, 2.75) is 20.8 Å². The summed E-state index contributed by atoms with van der Waals surface area (Å²) in [6.07, 6.45) is 1.45. The molecule has 0 radical (unpaired) electrons. The molecule has 0 atom stereocenters. The Kier molecular flexibility index (Phi) is 3.44. The van der Waals surface area contributed by atoms with Gasteiger partial charge in [-0.2, -0.15) is 0 Å². The largest absolute Gasteiger partial charge is 0.469 e. The van der Waals surface area contributed by atoms with E-state index in [0.29, 0.717) is 21.9 Å². The summed E-state index contributed by atoms with van der Waals surface area (Å²) in [5.41, 5.74) is 6.97. The SMILES string of the molecule is Cc1occc1C(=O)Nc1sc(C)c(C)c1C(N)=O. The summed E-state index contributed by atoms with van der Waals surface area (Å²) in [4.78, 5) is 24.5. The van der Waals surface area contributed by atoms with Crippen LogP contribution in [0.15, 0.2) is 16.7 Å². The van der Waals surface area contributed by atoms with Crippen molar-refractivity contribution in [1.82, 2.24) is 0 Å². The lowest BCUT2D eigenvalue weighted by Gasteiger charge is -2.04. The average molecular weight is 278 g/mol. The second-order valence-corrected chi connectivity index (χ2v) is 5.42. The van der Waals surface area contributed by atoms with Crippen LogP contribution >= 0.6 is 11.3 Å². The van der Waals surface area contributed by atoms with E-state index >= 15 is 0 Å². The fourth-order valence-electron chi connectivity index (χ4n) is 1.80. The Bertz CT molecular complexity index is 655. The van der Waals surface area contributed by atoms with Gasteiger partial charge in [0.2, 0.25) is 0 Å². The minimum absolute atomic E-state index is 0.310. The highest BCUT2D eigenvalue weighted by molar-refractivity contribution is 7.16. The minimum Gasteiger partial charge on any atom is -0.469 e. The molecule has 5 nitrogen and oxygen atoms in total. The minimum atomic E-state index is -0.541. The number of thiophene rings is 1. The van der Waals surface area contributed by atoms with Crippen molar-refractivity contribution < 1.29 is 14.0 Å². The second kappa shape index (κ2) is 4.89. The zero-order chi connectivity index (χ0) is 14.2. The number of nitrogens with two attached hydrogens (primary N) is 1. The van der Waals surface area contributed by atoms with E-state index in [0.717, 1.165) is 10.4 Å². The molecule has 6 heteroatoms. The Morgan fingerprint density at radius 2 is 2.00 bits per heavy atom. The lowest BCUT2D eigenvalue weighted by Crippen LogP contribution is -2.17. The van der Waals surface area contributed by atoms with Gasteiger partial charge in [0.15, 0.2) is 0 Å². The summed E-state index contributed by atoms with van der Waals surface area (Å²) in [6.45, 7) is 5.39. The summed E-state index contributed by atoms with van der Waals surface area (Å²) in [5.74, 6) is -0.320. The maximum atomic E-state index is 12.1. The van der Waals surface area contributed by atoms with Gasteiger partial charge in [-0.25, -0.2) is 0 Å². The summed E-state index contributed by atoms with van der Waals surface area (Å²) in [7, 11) is 0. The standard InChI is InChI=1S/C13H14N2O3S/c1-6-8(3)19-13(10(6)11(14)16)15-12(17)9-4-5-18-7(9)2/h4-5H,1-3H3,(H2,14,16)(H,15,17). The molecule has 2 rings (SSSR count). The maximum Gasteiger partial charge on any atom is 0.259 e. The molecule has 0 aliphatic heterocycles. The number of anilines is 1. The fraction of sp³-hybridized carbons (Fsp3) is 0.231. The van der Waals surface area contributed by atoms with E-state index in [4.69, 9.17) is 10.2 Å². The molecule has 2 amide bonds. The van der Waals surface area contributed by atoms with Crippen LogP contribution in [0.25, 0.3) is 0 Å². The number of nitrogens with one attached hydrogen (secondary N) is 1. The molecule has 2 heterocycles. The predicted octanol–water partition coefficient (Wildman–Crippen LogP) is 2.62. The van der Waals surface area contributed by atoms with Gasteiger partial charge in [-0.1, -0.05) is 0 Å². The third kappa shape index (κ3) is 2.39. The number of primary amides is 1. The topological polar surface area (TPSA) is 85.3 Å². The number of rotatable bonds is 3. The first-order valence-electron chi connectivity index (χ1n) is 5.67. The van der Waals surface area contributed by atoms with Crippen LogP contribution in [0.1, 0.15) is 36.9 Å². The molecule has 0 aliphatic rings. The third-order valence-electron chi connectivity index (χ3n) is 2.96. The molecule has 3 N–H and O–H groups in total. The molecule has 19 heavy (non-hydrogen) atoms. The normalized spacial score (nSPS) is 10.5. The van der Waals surface area contributed by atoms with Gasteiger partial charge < -0.3 is 15.5 Å². The molecule has 0 aliphatic carbocycles. The Hall–Kier alpha value is -2.08. The van der Waals surface area contributed by atoms with Crippen molar-refractivity contribution in [1.29, 1.82) is 0 Å². The summed E-state index contributed by atoms with van der Waals surface area (Å²) >= 11 is 1.34. The number of amides is 2. The van der Waals surface area contributed by atoms with Crippen molar-refractivity contribution in [2.75, 3.05) is 5.32 Å². The molecule has 100 valence electrons. The monoisotopic (exact) mass is 278 g/mol. The van der Waals surface area contributed by atoms with Crippen molar-refractivity contribution in [3.05, 3.63) is 39.7 Å². The van der Waals surface area contributed by atoms with Crippen LogP contribution in [0.3, 0.4) is 0 Å². The van der Waals surface area contributed by atoms with Crippen LogP contribution in [0.5, 0.6) is 0 Å². The zero-order valence-corrected chi connectivity index (χ0v) is 11.7. The Balaban J connectivity index is 2.35. The molecule has 0 spiro atoms. The smallest absolute Gasteiger partial charge is 0.259 e. The van der Waals surface area contributed by atoms with Crippen molar-refractivity contribution in [3.63, 3.8) is 0 Å². The Labute approximate surface area is 114 Å². The fourth-order valence-corrected chi connectivity index (χ4v) is 2.86. The first-order valence-corrected chi connectivity index (χ1v) is 6.48. The number of carbonyl (C=O) groups excluding carboxylic acids is 2. The van der Waals surface area contributed by atoms with E-state index in [1.165, 1.54) is 17.6 Å². The molecule has 0 bridgehead atoms. The number of hydrogen-bond donors (Lipinski definition) is 2. The van der Waals surface area contributed by atoms with E-state index in [2.05, 4.69) is 5.32 Å². The Morgan fingerprint density at radius 3 is 2.53 bits per heavy atom. The number of hydrogen-bond acceptors (Lipinski definition) is 4. The zero-order valence-electron chi connectivity index (χ0n) is 10.9. The number of carbonyl (C=O) groups is 2. The van der Waals surface area contributed by atoms with Crippen LogP contribution in [0, 0.1) is 20.8 Å². The summed E-state index contributed by atoms with van der Waals surface area (Å²) in [5, 5.41) is 3.20. The highest BCUT2D eigenvalue weighted by atomic mass is 32.1. The molecule has 0 unspecified atom stereocenters. The molecular weight excluding hydrogens is 264 g/mol. The van der Waals surface area contributed by atoms with E-state index in [-0.39, 0.29) is 5.91 Å². The number of furan rings is 1.